The van der Waals surface area contributed by atoms with Crippen molar-refractivity contribution < 1.29 is 13.9 Å². The topological polar surface area (TPSA) is 68.9 Å². The van der Waals surface area contributed by atoms with E-state index in [1.54, 1.807) is 12.1 Å². The highest BCUT2D eigenvalue weighted by Crippen LogP contribution is 2.30. The highest BCUT2D eigenvalue weighted by atomic mass is 35.5. The summed E-state index contributed by atoms with van der Waals surface area (Å²) in [5, 5.41) is 4.16. The van der Waals surface area contributed by atoms with Crippen molar-refractivity contribution in [1.82, 2.24) is 5.32 Å². The van der Waals surface area contributed by atoms with Crippen molar-refractivity contribution in [3.05, 3.63) is 62.9 Å². The standard InChI is InChI=1S/C18H18Cl2FN3O2/c1-10(15-3-2-13(19)6-16(15)20)24-18(22)23-7-11-4-14(21)5-12-8-25-9-26-17(11)12/h2-6,10H,7-9H2,1H3,(H3,22,23,24). The van der Waals surface area contributed by atoms with Crippen molar-refractivity contribution in [2.75, 3.05) is 6.79 Å². The van der Waals surface area contributed by atoms with Gasteiger partial charge in [0.05, 0.1) is 19.2 Å². The van der Waals surface area contributed by atoms with E-state index in [0.29, 0.717) is 33.5 Å². The molecule has 2 aromatic rings. The van der Waals surface area contributed by atoms with Crippen molar-refractivity contribution in [3.8, 4) is 5.75 Å². The summed E-state index contributed by atoms with van der Waals surface area (Å²) in [6.45, 7) is 2.53. The van der Waals surface area contributed by atoms with Crippen LogP contribution in [0.25, 0.3) is 0 Å². The summed E-state index contributed by atoms with van der Waals surface area (Å²) < 4.78 is 24.4. The fraction of sp³-hybridized carbons (Fsp3) is 0.278. The molecule has 1 unspecified atom stereocenters. The number of nitrogens with two attached hydrogens (primary N) is 1. The van der Waals surface area contributed by atoms with Gasteiger partial charge in [-0.2, -0.15) is 0 Å². The second kappa shape index (κ2) is 8.12. The third-order valence-corrected chi connectivity index (χ3v) is 4.53. The maximum absolute atomic E-state index is 13.8. The maximum atomic E-state index is 13.8. The summed E-state index contributed by atoms with van der Waals surface area (Å²) >= 11 is 12.1. The summed E-state index contributed by atoms with van der Waals surface area (Å²) in [7, 11) is 0. The summed E-state index contributed by atoms with van der Waals surface area (Å²) in [5.41, 5.74) is 8.09. The van der Waals surface area contributed by atoms with Crippen molar-refractivity contribution in [3.63, 3.8) is 0 Å². The number of halogens is 3. The number of benzene rings is 2. The molecule has 138 valence electrons. The minimum atomic E-state index is -0.365. The molecule has 0 amide bonds. The van der Waals surface area contributed by atoms with E-state index in [-0.39, 0.29) is 31.2 Å². The molecule has 1 aliphatic rings. The second-order valence-corrected chi connectivity index (χ2v) is 6.74. The average molecular weight is 398 g/mol. The minimum absolute atomic E-state index is 0.134. The smallest absolute Gasteiger partial charge is 0.189 e. The first-order valence-electron chi connectivity index (χ1n) is 7.97. The number of aliphatic imine (C=N–C) groups is 1. The molecule has 0 spiro atoms. The molecule has 1 aliphatic heterocycles. The van der Waals surface area contributed by atoms with Gasteiger partial charge >= 0.3 is 0 Å². The van der Waals surface area contributed by atoms with Gasteiger partial charge in [0.15, 0.2) is 12.8 Å². The van der Waals surface area contributed by atoms with Crippen LogP contribution in [0.3, 0.4) is 0 Å². The monoisotopic (exact) mass is 397 g/mol. The largest absolute Gasteiger partial charge is 0.467 e. The van der Waals surface area contributed by atoms with Crippen LogP contribution in [-0.4, -0.2) is 12.8 Å². The second-order valence-electron chi connectivity index (χ2n) is 5.90. The van der Waals surface area contributed by atoms with E-state index >= 15 is 0 Å². The molecular weight excluding hydrogens is 380 g/mol. The van der Waals surface area contributed by atoms with Crippen LogP contribution in [0.4, 0.5) is 4.39 Å². The van der Waals surface area contributed by atoms with Gasteiger partial charge in [-0.1, -0.05) is 29.3 Å². The summed E-state index contributed by atoms with van der Waals surface area (Å²) in [6, 6.07) is 7.87. The first-order chi connectivity index (χ1) is 12.4. The molecule has 8 heteroatoms. The summed E-state index contributed by atoms with van der Waals surface area (Å²) in [4.78, 5) is 4.28. The van der Waals surface area contributed by atoms with Gasteiger partial charge in [-0.25, -0.2) is 9.38 Å². The molecule has 0 radical (unpaired) electrons. The van der Waals surface area contributed by atoms with Crippen LogP contribution in [0.2, 0.25) is 10.0 Å². The van der Waals surface area contributed by atoms with Crippen LogP contribution in [0.15, 0.2) is 35.3 Å². The maximum Gasteiger partial charge on any atom is 0.189 e. The lowest BCUT2D eigenvalue weighted by atomic mass is 10.1. The van der Waals surface area contributed by atoms with E-state index < -0.39 is 0 Å². The fourth-order valence-corrected chi connectivity index (χ4v) is 3.31. The fourth-order valence-electron chi connectivity index (χ4n) is 2.74. The average Bonchev–Trinajstić information content (AvgIpc) is 2.59. The lowest BCUT2D eigenvalue weighted by Gasteiger charge is -2.20. The molecule has 5 nitrogen and oxygen atoms in total. The van der Waals surface area contributed by atoms with Gasteiger partial charge in [-0.05, 0) is 36.8 Å². The molecule has 1 atom stereocenters. The van der Waals surface area contributed by atoms with Gasteiger partial charge < -0.3 is 20.5 Å². The number of fused-ring (bicyclic) bond motifs is 1. The molecule has 0 aromatic heterocycles. The highest BCUT2D eigenvalue weighted by molar-refractivity contribution is 6.35. The third-order valence-electron chi connectivity index (χ3n) is 3.96. The summed E-state index contributed by atoms with van der Waals surface area (Å²) in [6.07, 6.45) is 0. The normalized spacial score (nSPS) is 15.2. The molecule has 3 N–H and O–H groups in total. The molecule has 26 heavy (non-hydrogen) atoms. The number of rotatable bonds is 4. The van der Waals surface area contributed by atoms with Crippen LogP contribution in [0.1, 0.15) is 29.7 Å². The van der Waals surface area contributed by atoms with Crippen LogP contribution in [-0.2, 0) is 17.9 Å². The Morgan fingerprint density at radius 1 is 1.35 bits per heavy atom. The van der Waals surface area contributed by atoms with Gasteiger partial charge in [0.2, 0.25) is 0 Å². The van der Waals surface area contributed by atoms with Gasteiger partial charge in [0, 0.05) is 21.2 Å². The van der Waals surface area contributed by atoms with Crippen molar-refractivity contribution in [2.24, 2.45) is 10.7 Å². The molecule has 1 heterocycles. The third kappa shape index (κ3) is 4.38. The van der Waals surface area contributed by atoms with Crippen LogP contribution >= 0.6 is 23.2 Å². The Labute approximate surface area is 160 Å². The number of hydrogen-bond acceptors (Lipinski definition) is 3. The zero-order valence-electron chi connectivity index (χ0n) is 14.1. The Kier molecular flexibility index (Phi) is 5.86. The van der Waals surface area contributed by atoms with Gasteiger partial charge in [-0.15, -0.1) is 0 Å². The van der Waals surface area contributed by atoms with Crippen molar-refractivity contribution in [2.45, 2.75) is 26.1 Å². The van der Waals surface area contributed by atoms with Crippen LogP contribution < -0.4 is 15.8 Å². The Morgan fingerprint density at radius 2 is 2.15 bits per heavy atom. The molecule has 0 saturated heterocycles. The number of ether oxygens (including phenoxy) is 2. The summed E-state index contributed by atoms with van der Waals surface area (Å²) in [5.74, 6) is 0.451. The van der Waals surface area contributed by atoms with Gasteiger partial charge in [0.1, 0.15) is 11.6 Å². The number of nitrogens with zero attached hydrogens (tertiary/aromatic N) is 1. The molecule has 0 fully saturated rings. The van der Waals surface area contributed by atoms with Crippen LogP contribution in [0.5, 0.6) is 5.75 Å². The zero-order chi connectivity index (χ0) is 18.7. The first kappa shape index (κ1) is 18.8. The quantitative estimate of drug-likeness (QED) is 0.600. The molecule has 0 aliphatic carbocycles. The van der Waals surface area contributed by atoms with E-state index in [1.165, 1.54) is 12.1 Å². The van der Waals surface area contributed by atoms with E-state index in [4.69, 9.17) is 38.4 Å². The predicted octanol–water partition coefficient (Wildman–Crippen LogP) is 4.16. The molecular formula is C18H18Cl2FN3O2. The number of guanidine groups is 1. The number of hydrogen-bond donors (Lipinski definition) is 2. The van der Waals surface area contributed by atoms with E-state index in [9.17, 15) is 4.39 Å². The first-order valence-corrected chi connectivity index (χ1v) is 8.73. The predicted molar refractivity (Wildman–Crippen MR) is 100 cm³/mol. The van der Waals surface area contributed by atoms with Crippen molar-refractivity contribution >= 4 is 29.2 Å². The molecule has 0 saturated carbocycles. The highest BCUT2D eigenvalue weighted by Gasteiger charge is 2.17. The van der Waals surface area contributed by atoms with E-state index in [2.05, 4.69) is 10.3 Å². The van der Waals surface area contributed by atoms with E-state index in [0.717, 1.165) is 5.56 Å². The Morgan fingerprint density at radius 3 is 2.92 bits per heavy atom. The molecule has 2 aromatic carbocycles. The molecule has 0 bridgehead atoms. The number of nitrogens with one attached hydrogen (secondary N) is 1. The Hall–Kier alpha value is -2.02. The van der Waals surface area contributed by atoms with Crippen LogP contribution in [0, 0.1) is 5.82 Å². The van der Waals surface area contributed by atoms with Crippen molar-refractivity contribution in [1.29, 1.82) is 0 Å². The minimum Gasteiger partial charge on any atom is -0.467 e. The zero-order valence-corrected chi connectivity index (χ0v) is 15.6. The van der Waals surface area contributed by atoms with Gasteiger partial charge in [0.25, 0.3) is 0 Å². The SMILES string of the molecule is CC(NC(N)=NCc1cc(F)cc2c1OCOC2)c1ccc(Cl)cc1Cl. The Balaban J connectivity index is 1.72. The van der Waals surface area contributed by atoms with Gasteiger partial charge in [-0.3, -0.25) is 0 Å². The Bertz CT molecular complexity index is 845. The lowest BCUT2D eigenvalue weighted by molar-refractivity contribution is -0.0172. The van der Waals surface area contributed by atoms with E-state index in [1.807, 2.05) is 13.0 Å². The molecule has 3 rings (SSSR count). The lowest BCUT2D eigenvalue weighted by Crippen LogP contribution is -2.34.